The molecular weight excluding hydrogens is 226 g/mol. The number of carbonyl (C=O) groups excluding carboxylic acids is 1. The second kappa shape index (κ2) is 7.54. The first-order valence-corrected chi connectivity index (χ1v) is 6.49. The average Bonchev–Trinajstić information content (AvgIpc) is 2.11. The van der Waals surface area contributed by atoms with Gasteiger partial charge in [0.1, 0.15) is 6.54 Å². The zero-order valence-electron chi connectivity index (χ0n) is 10.4. The van der Waals surface area contributed by atoms with Gasteiger partial charge in [0.05, 0.1) is 5.75 Å². The molecule has 0 aromatic carbocycles. The van der Waals surface area contributed by atoms with Crippen LogP contribution in [-0.4, -0.2) is 46.0 Å². The summed E-state index contributed by atoms with van der Waals surface area (Å²) in [6.45, 7) is 8.28. The van der Waals surface area contributed by atoms with E-state index in [9.17, 15) is 9.59 Å². The zero-order valence-corrected chi connectivity index (χ0v) is 11.2. The van der Waals surface area contributed by atoms with E-state index in [-0.39, 0.29) is 18.4 Å². The van der Waals surface area contributed by atoms with Crippen molar-refractivity contribution in [3.63, 3.8) is 0 Å². The lowest BCUT2D eigenvalue weighted by Crippen LogP contribution is -2.39. The highest BCUT2D eigenvalue weighted by molar-refractivity contribution is 8.00. The summed E-state index contributed by atoms with van der Waals surface area (Å²) < 4.78 is 0. The predicted molar refractivity (Wildman–Crippen MR) is 66.6 cm³/mol. The minimum atomic E-state index is -0.955. The monoisotopic (exact) mass is 247 g/mol. The first-order valence-electron chi connectivity index (χ1n) is 5.44. The Bertz CT molecular complexity index is 241. The van der Waals surface area contributed by atoms with Crippen molar-refractivity contribution < 1.29 is 14.7 Å². The van der Waals surface area contributed by atoms with Crippen molar-refractivity contribution in [1.29, 1.82) is 0 Å². The normalized spacial score (nSPS) is 10.9. The van der Waals surface area contributed by atoms with E-state index in [1.165, 1.54) is 16.7 Å². The molecule has 0 rings (SSSR count). The number of carboxylic acids is 1. The van der Waals surface area contributed by atoms with Crippen molar-refractivity contribution in [2.45, 2.75) is 32.9 Å². The molecule has 0 aliphatic heterocycles. The molecule has 0 heterocycles. The molecule has 0 aliphatic rings. The Kier molecular flexibility index (Phi) is 7.21. The molecule has 94 valence electrons. The molecule has 1 amide bonds. The van der Waals surface area contributed by atoms with Crippen LogP contribution in [0.1, 0.15) is 27.7 Å². The zero-order chi connectivity index (χ0) is 12.7. The van der Waals surface area contributed by atoms with E-state index in [1.807, 2.05) is 27.7 Å². The summed E-state index contributed by atoms with van der Waals surface area (Å²) in [7, 11) is 0. The minimum absolute atomic E-state index is 0.0881. The van der Waals surface area contributed by atoms with Gasteiger partial charge in [-0.05, 0) is 11.2 Å². The molecular formula is C11H21NO3S. The maximum Gasteiger partial charge on any atom is 0.323 e. The molecule has 0 bridgehead atoms. The van der Waals surface area contributed by atoms with Gasteiger partial charge in [-0.25, -0.2) is 0 Å². The second-order valence-corrected chi connectivity index (χ2v) is 5.99. The van der Waals surface area contributed by atoms with Crippen LogP contribution in [0.5, 0.6) is 0 Å². The molecule has 0 saturated heterocycles. The first kappa shape index (κ1) is 15.3. The van der Waals surface area contributed by atoms with Gasteiger partial charge in [-0.15, -0.1) is 11.8 Å². The van der Waals surface area contributed by atoms with Crippen LogP contribution >= 0.6 is 11.8 Å². The highest BCUT2D eigenvalue weighted by Gasteiger charge is 2.17. The Morgan fingerprint density at radius 1 is 1.25 bits per heavy atom. The van der Waals surface area contributed by atoms with Crippen LogP contribution in [0.2, 0.25) is 0 Å². The quantitative estimate of drug-likeness (QED) is 0.744. The van der Waals surface area contributed by atoms with Crippen molar-refractivity contribution in [3.05, 3.63) is 0 Å². The smallest absolute Gasteiger partial charge is 0.323 e. The lowest BCUT2D eigenvalue weighted by Gasteiger charge is -2.22. The fraction of sp³-hybridized carbons (Fsp3) is 0.818. The van der Waals surface area contributed by atoms with Crippen molar-refractivity contribution >= 4 is 23.6 Å². The van der Waals surface area contributed by atoms with Gasteiger partial charge in [0.15, 0.2) is 0 Å². The van der Waals surface area contributed by atoms with Crippen LogP contribution in [0.25, 0.3) is 0 Å². The fourth-order valence-electron chi connectivity index (χ4n) is 1.19. The largest absolute Gasteiger partial charge is 0.480 e. The number of aliphatic carboxylic acids is 1. The van der Waals surface area contributed by atoms with E-state index in [4.69, 9.17) is 5.11 Å². The number of hydrogen-bond acceptors (Lipinski definition) is 3. The van der Waals surface area contributed by atoms with Crippen LogP contribution in [0.3, 0.4) is 0 Å². The molecule has 0 aromatic rings. The fourth-order valence-corrected chi connectivity index (χ4v) is 1.85. The van der Waals surface area contributed by atoms with Crippen LogP contribution < -0.4 is 0 Å². The lowest BCUT2D eigenvalue weighted by molar-refractivity contribution is -0.143. The molecule has 0 saturated carbocycles. The van der Waals surface area contributed by atoms with Crippen LogP contribution in [0, 0.1) is 5.92 Å². The summed E-state index contributed by atoms with van der Waals surface area (Å²) in [5.41, 5.74) is 0. The molecule has 0 aromatic heterocycles. The maximum atomic E-state index is 11.8. The highest BCUT2D eigenvalue weighted by Crippen LogP contribution is 2.11. The number of carboxylic acid groups (broad SMARTS) is 1. The van der Waals surface area contributed by atoms with Gasteiger partial charge in [0.2, 0.25) is 5.91 Å². The summed E-state index contributed by atoms with van der Waals surface area (Å²) in [6.07, 6.45) is 0. The van der Waals surface area contributed by atoms with Crippen molar-refractivity contribution in [3.8, 4) is 0 Å². The van der Waals surface area contributed by atoms with Crippen LogP contribution in [0.15, 0.2) is 0 Å². The third-order valence-corrected chi connectivity index (χ3v) is 2.88. The standard InChI is InChI=1S/C11H21NO3S/c1-8(2)5-12(6-11(14)15)10(13)7-16-9(3)4/h8-9H,5-7H2,1-4H3,(H,14,15). The highest BCUT2D eigenvalue weighted by atomic mass is 32.2. The minimum Gasteiger partial charge on any atom is -0.480 e. The topological polar surface area (TPSA) is 57.6 Å². The van der Waals surface area contributed by atoms with Crippen molar-refractivity contribution in [2.24, 2.45) is 5.92 Å². The Hall–Kier alpha value is -0.710. The van der Waals surface area contributed by atoms with Gasteiger partial charge < -0.3 is 10.0 Å². The van der Waals surface area contributed by atoms with Crippen molar-refractivity contribution in [1.82, 2.24) is 4.90 Å². The third kappa shape index (κ3) is 7.56. The lowest BCUT2D eigenvalue weighted by atomic mass is 10.2. The molecule has 0 atom stereocenters. The number of carbonyl (C=O) groups is 2. The Morgan fingerprint density at radius 3 is 2.19 bits per heavy atom. The predicted octanol–water partition coefficient (Wildman–Crippen LogP) is 1.70. The number of thioether (sulfide) groups is 1. The molecule has 5 heteroatoms. The molecule has 0 fully saturated rings. The molecule has 4 nitrogen and oxygen atoms in total. The Labute approximate surface area is 101 Å². The molecule has 0 aliphatic carbocycles. The molecule has 0 spiro atoms. The SMILES string of the molecule is CC(C)CN(CC(=O)O)C(=O)CSC(C)C. The molecule has 0 unspecified atom stereocenters. The van der Waals surface area contributed by atoms with E-state index < -0.39 is 5.97 Å². The summed E-state index contributed by atoms with van der Waals surface area (Å²) >= 11 is 1.54. The second-order valence-electron chi connectivity index (χ2n) is 4.42. The maximum absolute atomic E-state index is 11.8. The number of nitrogens with zero attached hydrogens (tertiary/aromatic N) is 1. The number of hydrogen-bond donors (Lipinski definition) is 1. The van der Waals surface area contributed by atoms with E-state index >= 15 is 0 Å². The summed E-state index contributed by atoms with van der Waals surface area (Å²) in [4.78, 5) is 23.8. The van der Waals surface area contributed by atoms with Crippen LogP contribution in [-0.2, 0) is 9.59 Å². The van der Waals surface area contributed by atoms with Crippen LogP contribution in [0.4, 0.5) is 0 Å². The summed E-state index contributed by atoms with van der Waals surface area (Å²) in [6, 6.07) is 0. The number of amides is 1. The average molecular weight is 247 g/mol. The Morgan fingerprint density at radius 2 is 1.81 bits per heavy atom. The first-order chi connectivity index (χ1) is 7.32. The Balaban J connectivity index is 4.26. The van der Waals surface area contributed by atoms with E-state index in [0.29, 0.717) is 17.5 Å². The van der Waals surface area contributed by atoms with Crippen molar-refractivity contribution in [2.75, 3.05) is 18.8 Å². The van der Waals surface area contributed by atoms with Gasteiger partial charge in [-0.1, -0.05) is 27.7 Å². The molecule has 1 N–H and O–H groups in total. The van der Waals surface area contributed by atoms with Gasteiger partial charge in [-0.2, -0.15) is 0 Å². The number of rotatable bonds is 7. The van der Waals surface area contributed by atoms with Gasteiger partial charge in [0.25, 0.3) is 0 Å². The summed E-state index contributed by atoms with van der Waals surface area (Å²) in [5.74, 6) is -0.400. The van der Waals surface area contributed by atoms with Gasteiger partial charge in [0, 0.05) is 6.54 Å². The van der Waals surface area contributed by atoms with Gasteiger partial charge in [-0.3, -0.25) is 9.59 Å². The summed E-state index contributed by atoms with van der Waals surface area (Å²) in [5, 5.41) is 9.11. The van der Waals surface area contributed by atoms with E-state index in [0.717, 1.165) is 0 Å². The third-order valence-electron chi connectivity index (χ3n) is 1.80. The van der Waals surface area contributed by atoms with Gasteiger partial charge >= 0.3 is 5.97 Å². The van der Waals surface area contributed by atoms with E-state index in [2.05, 4.69) is 0 Å². The van der Waals surface area contributed by atoms with E-state index in [1.54, 1.807) is 0 Å². The molecule has 0 radical (unpaired) electrons. The molecule has 16 heavy (non-hydrogen) atoms.